The van der Waals surface area contributed by atoms with Crippen molar-refractivity contribution >= 4 is 28.6 Å². The van der Waals surface area contributed by atoms with Crippen molar-refractivity contribution in [2.75, 3.05) is 31.1 Å². The number of H-pyrrole nitrogens is 1. The van der Waals surface area contributed by atoms with Gasteiger partial charge in [-0.3, -0.25) is 14.9 Å². The molecule has 10 heteroatoms. The van der Waals surface area contributed by atoms with Crippen molar-refractivity contribution in [2.45, 2.75) is 0 Å². The highest BCUT2D eigenvalue weighted by Crippen LogP contribution is 2.21. The van der Waals surface area contributed by atoms with Crippen molar-refractivity contribution in [3.05, 3.63) is 52.6 Å². The van der Waals surface area contributed by atoms with Crippen LogP contribution in [0.5, 0.6) is 0 Å². The highest BCUT2D eigenvalue weighted by atomic mass is 16.6. The summed E-state index contributed by atoms with van der Waals surface area (Å²) >= 11 is 0. The van der Waals surface area contributed by atoms with Crippen LogP contribution in [-0.2, 0) is 0 Å². The predicted molar refractivity (Wildman–Crippen MR) is 92.9 cm³/mol. The van der Waals surface area contributed by atoms with Crippen molar-refractivity contribution in [3.8, 4) is 0 Å². The van der Waals surface area contributed by atoms with Crippen LogP contribution in [0, 0.1) is 10.1 Å². The van der Waals surface area contributed by atoms with Crippen LogP contribution in [0.25, 0.3) is 11.2 Å². The van der Waals surface area contributed by atoms with E-state index in [4.69, 9.17) is 0 Å². The molecule has 1 aromatic carbocycles. The Morgan fingerprint density at radius 2 is 1.81 bits per heavy atom. The number of nitrogens with one attached hydrogen (secondary N) is 1. The molecule has 1 fully saturated rings. The van der Waals surface area contributed by atoms with E-state index in [-0.39, 0.29) is 11.6 Å². The Labute approximate surface area is 147 Å². The van der Waals surface area contributed by atoms with Crippen molar-refractivity contribution in [2.24, 2.45) is 0 Å². The van der Waals surface area contributed by atoms with E-state index in [0.717, 1.165) is 11.3 Å². The molecular weight excluding hydrogens is 338 g/mol. The summed E-state index contributed by atoms with van der Waals surface area (Å²) in [5, 5.41) is 10.7. The van der Waals surface area contributed by atoms with Gasteiger partial charge in [-0.1, -0.05) is 0 Å². The van der Waals surface area contributed by atoms with Gasteiger partial charge < -0.3 is 14.8 Å². The number of benzene rings is 1. The predicted octanol–water partition coefficient (Wildman–Crippen LogP) is 1.22. The van der Waals surface area contributed by atoms with E-state index in [0.29, 0.717) is 37.4 Å². The molecule has 3 heterocycles. The first-order chi connectivity index (χ1) is 12.6. The van der Waals surface area contributed by atoms with Gasteiger partial charge in [-0.05, 0) is 12.1 Å². The summed E-state index contributed by atoms with van der Waals surface area (Å²) < 4.78 is 0. The Balaban J connectivity index is 1.45. The minimum Gasteiger partial charge on any atom is -0.351 e. The molecule has 0 radical (unpaired) electrons. The normalized spacial score (nSPS) is 14.6. The first-order valence-corrected chi connectivity index (χ1v) is 8.06. The molecule has 0 spiro atoms. The zero-order valence-corrected chi connectivity index (χ0v) is 13.7. The largest absolute Gasteiger partial charge is 0.351 e. The smallest absolute Gasteiger partial charge is 0.269 e. The zero-order valence-electron chi connectivity index (χ0n) is 13.7. The van der Waals surface area contributed by atoms with Crippen LogP contribution in [0.4, 0.5) is 11.5 Å². The molecule has 0 atom stereocenters. The standard InChI is InChI=1S/C16H15N7O3/c24-16(11-1-3-12(4-2-11)23(25)26)22-7-5-21(6-8-22)15-13-14(18-9-17-13)19-10-20-15/h1-4,9-10H,5-8H2,(H,17,18,19,20). The van der Waals surface area contributed by atoms with Crippen LogP contribution in [0.2, 0.25) is 0 Å². The number of non-ortho nitro benzene ring substituents is 1. The van der Waals surface area contributed by atoms with Crippen molar-refractivity contribution in [1.82, 2.24) is 24.8 Å². The van der Waals surface area contributed by atoms with Crippen LogP contribution in [0.15, 0.2) is 36.9 Å². The Bertz CT molecular complexity index is 961. The van der Waals surface area contributed by atoms with Crippen LogP contribution < -0.4 is 4.90 Å². The Kier molecular flexibility index (Phi) is 3.92. The number of imidazole rings is 1. The lowest BCUT2D eigenvalue weighted by Gasteiger charge is -2.35. The number of rotatable bonds is 3. The number of hydrogen-bond donors (Lipinski definition) is 1. The number of anilines is 1. The lowest BCUT2D eigenvalue weighted by molar-refractivity contribution is -0.384. The second-order valence-electron chi connectivity index (χ2n) is 5.88. The third kappa shape index (κ3) is 2.81. The van der Waals surface area contributed by atoms with Gasteiger partial charge in [-0.15, -0.1) is 0 Å². The third-order valence-electron chi connectivity index (χ3n) is 4.39. The molecule has 1 saturated heterocycles. The van der Waals surface area contributed by atoms with Gasteiger partial charge in [0.05, 0.1) is 11.3 Å². The molecule has 0 saturated carbocycles. The summed E-state index contributed by atoms with van der Waals surface area (Å²) in [5.74, 6) is 0.642. The van der Waals surface area contributed by atoms with Crippen molar-refractivity contribution in [3.63, 3.8) is 0 Å². The minimum atomic E-state index is -0.481. The molecule has 0 bridgehead atoms. The van der Waals surface area contributed by atoms with Crippen molar-refractivity contribution in [1.29, 1.82) is 0 Å². The minimum absolute atomic E-state index is 0.0290. The van der Waals surface area contributed by atoms with Gasteiger partial charge in [0.15, 0.2) is 11.5 Å². The van der Waals surface area contributed by atoms with Crippen LogP contribution in [-0.4, -0.2) is 61.8 Å². The number of aromatic amines is 1. The quantitative estimate of drug-likeness (QED) is 0.555. The summed E-state index contributed by atoms with van der Waals surface area (Å²) in [6.07, 6.45) is 3.06. The number of nitro benzene ring substituents is 1. The molecule has 2 aromatic heterocycles. The number of carbonyl (C=O) groups excluding carboxylic acids is 1. The average molecular weight is 353 g/mol. The van der Waals surface area contributed by atoms with Crippen LogP contribution in [0.3, 0.4) is 0 Å². The number of carbonyl (C=O) groups is 1. The number of amides is 1. The van der Waals surface area contributed by atoms with E-state index in [1.165, 1.54) is 30.6 Å². The van der Waals surface area contributed by atoms with Gasteiger partial charge in [-0.25, -0.2) is 15.0 Å². The molecule has 0 aliphatic carbocycles. The summed E-state index contributed by atoms with van der Waals surface area (Å²) in [6.45, 7) is 2.33. The molecule has 10 nitrogen and oxygen atoms in total. The number of nitrogens with zero attached hydrogens (tertiary/aromatic N) is 6. The molecule has 1 aliphatic heterocycles. The van der Waals surface area contributed by atoms with Crippen LogP contribution >= 0.6 is 0 Å². The lowest BCUT2D eigenvalue weighted by Crippen LogP contribution is -2.49. The summed E-state index contributed by atoms with van der Waals surface area (Å²) in [6, 6.07) is 5.68. The number of nitro groups is 1. The molecule has 0 unspecified atom stereocenters. The van der Waals surface area contributed by atoms with E-state index in [1.807, 2.05) is 0 Å². The van der Waals surface area contributed by atoms with Gasteiger partial charge in [-0.2, -0.15) is 0 Å². The molecule has 26 heavy (non-hydrogen) atoms. The van der Waals surface area contributed by atoms with Crippen LogP contribution in [0.1, 0.15) is 10.4 Å². The van der Waals surface area contributed by atoms with E-state index in [1.54, 1.807) is 11.2 Å². The number of fused-ring (bicyclic) bond motifs is 1. The van der Waals surface area contributed by atoms with Gasteiger partial charge in [0.2, 0.25) is 0 Å². The summed E-state index contributed by atoms with van der Waals surface area (Å²) in [5.41, 5.74) is 1.81. The van der Waals surface area contributed by atoms with Gasteiger partial charge in [0.25, 0.3) is 11.6 Å². The summed E-state index contributed by atoms with van der Waals surface area (Å²) in [7, 11) is 0. The molecule has 1 N–H and O–H groups in total. The highest BCUT2D eigenvalue weighted by molar-refractivity contribution is 5.94. The average Bonchev–Trinajstić information content (AvgIpc) is 3.16. The van der Waals surface area contributed by atoms with Gasteiger partial charge in [0, 0.05) is 43.9 Å². The molecular formula is C16H15N7O3. The Morgan fingerprint density at radius 3 is 2.50 bits per heavy atom. The second-order valence-corrected chi connectivity index (χ2v) is 5.88. The van der Waals surface area contributed by atoms with Gasteiger partial charge in [0.1, 0.15) is 11.8 Å². The fourth-order valence-corrected chi connectivity index (χ4v) is 3.02. The Morgan fingerprint density at radius 1 is 1.08 bits per heavy atom. The Hall–Kier alpha value is -3.56. The first kappa shape index (κ1) is 15.9. The number of aromatic nitrogens is 4. The number of hydrogen-bond acceptors (Lipinski definition) is 7. The number of piperazine rings is 1. The van der Waals surface area contributed by atoms with E-state index in [2.05, 4.69) is 24.8 Å². The monoisotopic (exact) mass is 353 g/mol. The second kappa shape index (κ2) is 6.39. The molecule has 1 aliphatic rings. The topological polar surface area (TPSA) is 121 Å². The van der Waals surface area contributed by atoms with E-state index >= 15 is 0 Å². The summed E-state index contributed by atoms with van der Waals surface area (Å²) in [4.78, 5) is 42.3. The molecule has 132 valence electrons. The maximum atomic E-state index is 12.6. The molecule has 3 aromatic rings. The third-order valence-corrected chi connectivity index (χ3v) is 4.39. The lowest BCUT2D eigenvalue weighted by atomic mass is 10.1. The van der Waals surface area contributed by atoms with Crippen molar-refractivity contribution < 1.29 is 9.72 Å². The fourth-order valence-electron chi connectivity index (χ4n) is 3.02. The van der Waals surface area contributed by atoms with E-state index in [9.17, 15) is 14.9 Å². The fraction of sp³-hybridized carbons (Fsp3) is 0.250. The molecule has 1 amide bonds. The maximum Gasteiger partial charge on any atom is 0.269 e. The maximum absolute atomic E-state index is 12.6. The zero-order chi connectivity index (χ0) is 18.1. The highest BCUT2D eigenvalue weighted by Gasteiger charge is 2.24. The SMILES string of the molecule is O=C(c1ccc([N+](=O)[O-])cc1)N1CCN(c2ncnc3nc[nH]c23)CC1. The van der Waals surface area contributed by atoms with E-state index < -0.39 is 4.92 Å². The first-order valence-electron chi connectivity index (χ1n) is 8.06. The van der Waals surface area contributed by atoms with Gasteiger partial charge >= 0.3 is 0 Å². The molecule has 4 rings (SSSR count).